The van der Waals surface area contributed by atoms with Crippen molar-refractivity contribution in [1.29, 1.82) is 0 Å². The third-order valence-electron chi connectivity index (χ3n) is 4.81. The van der Waals surface area contributed by atoms with E-state index in [1.807, 2.05) is 30.3 Å². The number of ether oxygens (including phenoxy) is 2. The molecule has 0 fully saturated rings. The van der Waals surface area contributed by atoms with Crippen molar-refractivity contribution in [3.8, 4) is 5.75 Å². The van der Waals surface area contributed by atoms with Crippen LogP contribution in [0.4, 0.5) is 5.69 Å². The average Bonchev–Trinajstić information content (AvgIpc) is 2.83. The van der Waals surface area contributed by atoms with Crippen LogP contribution in [0.5, 0.6) is 5.75 Å². The highest BCUT2D eigenvalue weighted by Gasteiger charge is 2.22. The van der Waals surface area contributed by atoms with Crippen molar-refractivity contribution in [2.75, 3.05) is 31.7 Å². The highest BCUT2D eigenvalue weighted by Crippen LogP contribution is 2.22. The van der Waals surface area contributed by atoms with E-state index in [0.29, 0.717) is 25.4 Å². The minimum absolute atomic E-state index is 0.0501. The number of hydrogen-bond acceptors (Lipinski definition) is 5. The van der Waals surface area contributed by atoms with E-state index < -0.39 is 10.0 Å². The van der Waals surface area contributed by atoms with Crippen LogP contribution in [0.15, 0.2) is 83.8 Å². The van der Waals surface area contributed by atoms with Crippen molar-refractivity contribution in [2.45, 2.75) is 11.4 Å². The molecule has 0 heterocycles. The monoisotopic (exact) mass is 454 g/mol. The molecule has 0 atom stereocenters. The number of amides is 1. The van der Waals surface area contributed by atoms with Crippen molar-refractivity contribution in [1.82, 2.24) is 5.32 Å². The summed E-state index contributed by atoms with van der Waals surface area (Å²) < 4.78 is 37.6. The van der Waals surface area contributed by atoms with Gasteiger partial charge in [0.25, 0.3) is 15.9 Å². The molecule has 0 radical (unpaired) electrons. The normalized spacial score (nSPS) is 11.1. The van der Waals surface area contributed by atoms with Crippen molar-refractivity contribution < 1.29 is 22.7 Å². The Labute approximate surface area is 188 Å². The summed E-state index contributed by atoms with van der Waals surface area (Å²) in [5, 5.41) is 2.82. The van der Waals surface area contributed by atoms with E-state index in [1.165, 1.54) is 23.5 Å². The number of rotatable bonds is 10. The van der Waals surface area contributed by atoms with Gasteiger partial charge in [0.15, 0.2) is 0 Å². The molecule has 0 bridgehead atoms. The Morgan fingerprint density at radius 2 is 1.66 bits per heavy atom. The predicted molar refractivity (Wildman–Crippen MR) is 123 cm³/mol. The molecule has 8 heteroatoms. The molecule has 32 heavy (non-hydrogen) atoms. The van der Waals surface area contributed by atoms with Crippen LogP contribution in [0.1, 0.15) is 15.9 Å². The first-order valence-corrected chi connectivity index (χ1v) is 11.5. The fraction of sp³-hybridized carbons (Fsp3) is 0.208. The predicted octanol–water partition coefficient (Wildman–Crippen LogP) is 3.47. The lowest BCUT2D eigenvalue weighted by molar-refractivity contribution is 0.0950. The topological polar surface area (TPSA) is 84.9 Å². The molecule has 3 aromatic carbocycles. The lowest BCUT2D eigenvalue weighted by Crippen LogP contribution is -2.27. The van der Waals surface area contributed by atoms with E-state index in [2.05, 4.69) is 5.32 Å². The molecule has 0 aromatic heterocycles. The van der Waals surface area contributed by atoms with Crippen molar-refractivity contribution in [3.63, 3.8) is 0 Å². The van der Waals surface area contributed by atoms with Gasteiger partial charge in [-0.05, 0) is 48.0 Å². The molecule has 168 valence electrons. The van der Waals surface area contributed by atoms with Crippen LogP contribution in [0.2, 0.25) is 0 Å². The summed E-state index contributed by atoms with van der Waals surface area (Å²) in [5.41, 5.74) is 1.70. The van der Waals surface area contributed by atoms with E-state index in [1.54, 1.807) is 43.5 Å². The van der Waals surface area contributed by atoms with E-state index in [9.17, 15) is 13.2 Å². The molecule has 1 amide bonds. The maximum Gasteiger partial charge on any atom is 0.264 e. The lowest BCUT2D eigenvalue weighted by atomic mass is 10.2. The highest BCUT2D eigenvalue weighted by molar-refractivity contribution is 7.92. The van der Waals surface area contributed by atoms with Gasteiger partial charge in [0.2, 0.25) is 0 Å². The standard InChI is InChI=1S/C24H26N2O5S/c1-26(21-8-4-3-5-9-21)32(28,29)23-10-6-7-20(17-23)24(27)25-18-19-11-13-22(14-12-19)31-16-15-30-2/h3-14,17H,15-16,18H2,1-2H3,(H,25,27). The molecule has 1 N–H and O–H groups in total. The first-order chi connectivity index (χ1) is 15.4. The van der Waals surface area contributed by atoms with Crippen LogP contribution in [0, 0.1) is 0 Å². The summed E-state index contributed by atoms with van der Waals surface area (Å²) in [6.07, 6.45) is 0. The minimum atomic E-state index is -3.80. The summed E-state index contributed by atoms with van der Waals surface area (Å²) in [5.74, 6) is 0.363. The molecule has 3 aromatic rings. The van der Waals surface area contributed by atoms with Gasteiger partial charge in [-0.15, -0.1) is 0 Å². The number of carbonyl (C=O) groups excluding carboxylic acids is 1. The second-order valence-corrected chi connectivity index (χ2v) is 8.97. The van der Waals surface area contributed by atoms with Crippen LogP contribution in [0.3, 0.4) is 0 Å². The number of carbonyl (C=O) groups is 1. The van der Waals surface area contributed by atoms with Crippen LogP contribution in [0.25, 0.3) is 0 Å². The van der Waals surface area contributed by atoms with Crippen molar-refractivity contribution in [2.24, 2.45) is 0 Å². The molecule has 3 rings (SSSR count). The summed E-state index contributed by atoms with van der Waals surface area (Å²) in [4.78, 5) is 12.7. The fourth-order valence-electron chi connectivity index (χ4n) is 2.96. The number of anilines is 1. The van der Waals surface area contributed by atoms with Gasteiger partial charge < -0.3 is 14.8 Å². The zero-order valence-corrected chi connectivity index (χ0v) is 18.8. The summed E-state index contributed by atoms with van der Waals surface area (Å²) in [6.45, 7) is 1.27. The second-order valence-electron chi connectivity index (χ2n) is 7.00. The molecule has 7 nitrogen and oxygen atoms in total. The number of hydrogen-bond donors (Lipinski definition) is 1. The summed E-state index contributed by atoms with van der Waals surface area (Å²) in [6, 6.07) is 22.2. The van der Waals surface area contributed by atoms with Gasteiger partial charge in [0.05, 0.1) is 17.2 Å². The third kappa shape index (κ3) is 5.87. The van der Waals surface area contributed by atoms with Crippen LogP contribution in [-0.4, -0.2) is 41.7 Å². The minimum Gasteiger partial charge on any atom is -0.491 e. The van der Waals surface area contributed by atoms with Gasteiger partial charge in [0.1, 0.15) is 12.4 Å². The zero-order chi connectivity index (χ0) is 23.0. The highest BCUT2D eigenvalue weighted by atomic mass is 32.2. The van der Waals surface area contributed by atoms with Gasteiger partial charge in [-0.3, -0.25) is 9.10 Å². The Bertz CT molecular complexity index is 1130. The Kier molecular flexibility index (Phi) is 7.86. The quantitative estimate of drug-likeness (QED) is 0.474. The second kappa shape index (κ2) is 10.8. The molecule has 0 spiro atoms. The Hall–Kier alpha value is -3.36. The summed E-state index contributed by atoms with van der Waals surface area (Å²) in [7, 11) is -0.700. The van der Waals surface area contributed by atoms with E-state index in [4.69, 9.17) is 9.47 Å². The molecule has 0 aliphatic rings. The number of sulfonamides is 1. The number of nitrogens with zero attached hydrogens (tertiary/aromatic N) is 1. The maximum atomic E-state index is 13.0. The Morgan fingerprint density at radius 3 is 2.34 bits per heavy atom. The average molecular weight is 455 g/mol. The SMILES string of the molecule is COCCOc1ccc(CNC(=O)c2cccc(S(=O)(=O)N(C)c3ccccc3)c2)cc1. The largest absolute Gasteiger partial charge is 0.491 e. The lowest BCUT2D eigenvalue weighted by Gasteiger charge is -2.19. The van der Waals surface area contributed by atoms with Gasteiger partial charge in [-0.2, -0.15) is 0 Å². The molecule has 0 unspecified atom stereocenters. The third-order valence-corrected chi connectivity index (χ3v) is 6.59. The van der Waals surface area contributed by atoms with E-state index in [0.717, 1.165) is 11.3 Å². The van der Waals surface area contributed by atoms with Gasteiger partial charge in [-0.1, -0.05) is 36.4 Å². The van der Waals surface area contributed by atoms with Crippen LogP contribution >= 0.6 is 0 Å². The summed E-state index contributed by atoms with van der Waals surface area (Å²) >= 11 is 0. The van der Waals surface area contributed by atoms with Gasteiger partial charge in [-0.25, -0.2) is 8.42 Å². The smallest absolute Gasteiger partial charge is 0.264 e. The van der Waals surface area contributed by atoms with Gasteiger partial charge >= 0.3 is 0 Å². The number of para-hydroxylation sites is 1. The van der Waals surface area contributed by atoms with E-state index in [-0.39, 0.29) is 16.4 Å². The number of benzene rings is 3. The molecule has 0 saturated heterocycles. The first-order valence-electron chi connectivity index (χ1n) is 10.0. The molecule has 0 aliphatic heterocycles. The maximum absolute atomic E-state index is 13.0. The van der Waals surface area contributed by atoms with Crippen molar-refractivity contribution >= 4 is 21.6 Å². The molecule has 0 aliphatic carbocycles. The first kappa shape index (κ1) is 23.3. The Morgan fingerprint density at radius 1 is 0.938 bits per heavy atom. The number of methoxy groups -OCH3 is 1. The van der Waals surface area contributed by atoms with Gasteiger partial charge in [0, 0.05) is 26.3 Å². The van der Waals surface area contributed by atoms with E-state index >= 15 is 0 Å². The molecular formula is C24H26N2O5S. The van der Waals surface area contributed by atoms with Crippen LogP contribution in [-0.2, 0) is 21.3 Å². The zero-order valence-electron chi connectivity index (χ0n) is 18.0. The molecule has 0 saturated carbocycles. The number of nitrogens with one attached hydrogen (secondary N) is 1. The fourth-order valence-corrected chi connectivity index (χ4v) is 4.21. The Balaban J connectivity index is 1.65. The van der Waals surface area contributed by atoms with Crippen molar-refractivity contribution in [3.05, 3.63) is 90.0 Å². The van der Waals surface area contributed by atoms with Crippen LogP contribution < -0.4 is 14.4 Å². The molecular weight excluding hydrogens is 428 g/mol.